The van der Waals surface area contributed by atoms with E-state index in [1.807, 2.05) is 6.07 Å². The van der Waals surface area contributed by atoms with Gasteiger partial charge in [0.05, 0.1) is 4.47 Å². The lowest BCUT2D eigenvalue weighted by molar-refractivity contribution is 0.376. The van der Waals surface area contributed by atoms with Gasteiger partial charge in [0, 0.05) is 0 Å². The molecule has 0 atom stereocenters. The first-order valence-corrected chi connectivity index (χ1v) is 5.38. The molecule has 0 aliphatic heterocycles. The Labute approximate surface area is 92.6 Å². The van der Waals surface area contributed by atoms with E-state index in [1.165, 1.54) is 6.07 Å². The Hall–Kier alpha value is -0.410. The van der Waals surface area contributed by atoms with E-state index in [0.29, 0.717) is 11.0 Å². The van der Waals surface area contributed by atoms with Gasteiger partial charge in [0.15, 0.2) is 0 Å². The van der Waals surface area contributed by atoms with Crippen molar-refractivity contribution in [3.8, 4) is 0 Å². The number of nitrogens with two attached hydrogens (primary N) is 1. The van der Waals surface area contributed by atoms with Crippen LogP contribution in [0.1, 0.15) is 19.4 Å². The summed E-state index contributed by atoms with van der Waals surface area (Å²) in [5.41, 5.74) is 6.81. The van der Waals surface area contributed by atoms with Gasteiger partial charge in [-0.1, -0.05) is 19.9 Å². The van der Waals surface area contributed by atoms with Gasteiger partial charge in [0.2, 0.25) is 0 Å². The Balaban J connectivity index is 2.83. The highest BCUT2D eigenvalue weighted by molar-refractivity contribution is 9.10. The summed E-state index contributed by atoms with van der Waals surface area (Å²) >= 11 is 3.17. The fourth-order valence-corrected chi connectivity index (χ4v) is 1.70. The van der Waals surface area contributed by atoms with Gasteiger partial charge in [-0.3, -0.25) is 0 Å². The van der Waals surface area contributed by atoms with Gasteiger partial charge in [-0.25, -0.2) is 4.39 Å². The highest BCUT2D eigenvalue weighted by Crippen LogP contribution is 2.23. The molecule has 2 N–H and O–H groups in total. The Bertz CT molecular complexity index is 323. The van der Waals surface area contributed by atoms with Gasteiger partial charge in [0.25, 0.3) is 0 Å². The van der Waals surface area contributed by atoms with Crippen LogP contribution in [-0.2, 0) is 6.42 Å². The minimum atomic E-state index is -0.223. The molecule has 1 aromatic carbocycles. The van der Waals surface area contributed by atoms with Crippen molar-refractivity contribution >= 4 is 15.9 Å². The molecule has 14 heavy (non-hydrogen) atoms. The monoisotopic (exact) mass is 259 g/mol. The first-order valence-electron chi connectivity index (χ1n) is 4.58. The lowest BCUT2D eigenvalue weighted by atomic mass is 9.86. The maximum Gasteiger partial charge on any atom is 0.137 e. The van der Waals surface area contributed by atoms with Gasteiger partial charge >= 0.3 is 0 Å². The third-order valence-corrected chi connectivity index (χ3v) is 2.83. The predicted octanol–water partition coefficient (Wildman–Crippen LogP) is 3.12. The molecule has 0 spiro atoms. The molecule has 0 heterocycles. The molecule has 0 aliphatic carbocycles. The van der Waals surface area contributed by atoms with E-state index in [1.54, 1.807) is 6.07 Å². The average molecular weight is 260 g/mol. The molecule has 0 aliphatic rings. The van der Waals surface area contributed by atoms with E-state index in [4.69, 9.17) is 5.73 Å². The van der Waals surface area contributed by atoms with Crippen LogP contribution in [0.15, 0.2) is 22.7 Å². The highest BCUT2D eigenvalue weighted by Gasteiger charge is 2.16. The molecule has 1 nitrogen and oxygen atoms in total. The predicted molar refractivity (Wildman–Crippen MR) is 60.6 cm³/mol. The maximum absolute atomic E-state index is 12.9. The van der Waals surface area contributed by atoms with Crippen LogP contribution in [0.5, 0.6) is 0 Å². The summed E-state index contributed by atoms with van der Waals surface area (Å²) in [7, 11) is 0. The zero-order chi connectivity index (χ0) is 10.8. The molecule has 0 saturated carbocycles. The topological polar surface area (TPSA) is 26.0 Å². The first-order chi connectivity index (χ1) is 6.44. The van der Waals surface area contributed by atoms with Crippen LogP contribution < -0.4 is 5.73 Å². The Morgan fingerprint density at radius 1 is 1.43 bits per heavy atom. The normalized spacial score (nSPS) is 11.8. The van der Waals surface area contributed by atoms with Gasteiger partial charge in [-0.15, -0.1) is 0 Å². The van der Waals surface area contributed by atoms with Crippen molar-refractivity contribution in [2.45, 2.75) is 20.3 Å². The van der Waals surface area contributed by atoms with E-state index >= 15 is 0 Å². The summed E-state index contributed by atoms with van der Waals surface area (Å²) in [6.07, 6.45) is 0.863. The van der Waals surface area contributed by atoms with Crippen molar-refractivity contribution in [2.75, 3.05) is 6.54 Å². The van der Waals surface area contributed by atoms with Gasteiger partial charge in [0.1, 0.15) is 5.82 Å². The minimum absolute atomic E-state index is 0.0667. The van der Waals surface area contributed by atoms with Crippen molar-refractivity contribution in [1.82, 2.24) is 0 Å². The van der Waals surface area contributed by atoms with Crippen LogP contribution in [0.4, 0.5) is 4.39 Å². The van der Waals surface area contributed by atoms with Crippen molar-refractivity contribution in [2.24, 2.45) is 11.1 Å². The number of halogens is 2. The highest BCUT2D eigenvalue weighted by atomic mass is 79.9. The van der Waals surface area contributed by atoms with E-state index in [0.717, 1.165) is 12.0 Å². The quantitative estimate of drug-likeness (QED) is 0.887. The van der Waals surface area contributed by atoms with Gasteiger partial charge in [-0.05, 0) is 52.0 Å². The Morgan fingerprint density at radius 2 is 2.07 bits per heavy atom. The van der Waals surface area contributed by atoms with Gasteiger partial charge in [-0.2, -0.15) is 0 Å². The number of benzene rings is 1. The average Bonchev–Trinajstić information content (AvgIpc) is 2.11. The zero-order valence-corrected chi connectivity index (χ0v) is 10.1. The SMILES string of the molecule is CC(C)(CN)Cc1ccc(F)c(Br)c1. The number of hydrogen-bond donors (Lipinski definition) is 1. The molecule has 0 aromatic heterocycles. The fourth-order valence-electron chi connectivity index (χ4n) is 1.27. The standard InChI is InChI=1S/C11H15BrFN/c1-11(2,7-14)6-8-3-4-10(13)9(12)5-8/h3-5H,6-7,14H2,1-2H3. The van der Waals surface area contributed by atoms with Crippen LogP contribution in [-0.4, -0.2) is 6.54 Å². The van der Waals surface area contributed by atoms with Crippen LogP contribution in [0.3, 0.4) is 0 Å². The van der Waals surface area contributed by atoms with Crippen LogP contribution in [0, 0.1) is 11.2 Å². The molecule has 1 rings (SSSR count). The summed E-state index contributed by atoms with van der Waals surface area (Å²) in [5.74, 6) is -0.223. The lowest BCUT2D eigenvalue weighted by Gasteiger charge is -2.22. The molecule has 0 fully saturated rings. The molecular formula is C11H15BrFN. The molecule has 1 aromatic rings. The lowest BCUT2D eigenvalue weighted by Crippen LogP contribution is -2.25. The third-order valence-electron chi connectivity index (χ3n) is 2.22. The summed E-state index contributed by atoms with van der Waals surface area (Å²) in [5, 5.41) is 0. The number of hydrogen-bond acceptors (Lipinski definition) is 1. The van der Waals surface area contributed by atoms with Gasteiger partial charge < -0.3 is 5.73 Å². The first kappa shape index (κ1) is 11.7. The molecule has 0 saturated heterocycles. The van der Waals surface area contributed by atoms with E-state index in [9.17, 15) is 4.39 Å². The second-order valence-corrected chi connectivity index (χ2v) is 5.15. The molecule has 0 radical (unpaired) electrons. The largest absolute Gasteiger partial charge is 0.330 e. The van der Waals surface area contributed by atoms with Crippen LogP contribution >= 0.6 is 15.9 Å². The molecule has 78 valence electrons. The van der Waals surface area contributed by atoms with Crippen molar-refractivity contribution in [3.63, 3.8) is 0 Å². The smallest absolute Gasteiger partial charge is 0.137 e. The van der Waals surface area contributed by atoms with E-state index in [2.05, 4.69) is 29.8 Å². The Morgan fingerprint density at radius 3 is 2.57 bits per heavy atom. The van der Waals surface area contributed by atoms with E-state index < -0.39 is 0 Å². The molecule has 3 heteroatoms. The molecule has 0 unspecified atom stereocenters. The summed E-state index contributed by atoms with van der Waals surface area (Å²) in [6.45, 7) is 4.83. The molecular weight excluding hydrogens is 245 g/mol. The minimum Gasteiger partial charge on any atom is -0.330 e. The van der Waals surface area contributed by atoms with Crippen molar-refractivity contribution in [3.05, 3.63) is 34.1 Å². The van der Waals surface area contributed by atoms with Crippen molar-refractivity contribution < 1.29 is 4.39 Å². The second-order valence-electron chi connectivity index (χ2n) is 4.29. The summed E-state index contributed by atoms with van der Waals surface area (Å²) in [4.78, 5) is 0. The summed E-state index contributed by atoms with van der Waals surface area (Å²) in [6, 6.07) is 5.09. The fraction of sp³-hybridized carbons (Fsp3) is 0.455. The molecule has 0 amide bonds. The van der Waals surface area contributed by atoms with Crippen LogP contribution in [0.25, 0.3) is 0 Å². The second kappa shape index (κ2) is 4.41. The third kappa shape index (κ3) is 3.07. The molecule has 0 bridgehead atoms. The maximum atomic E-state index is 12.9. The van der Waals surface area contributed by atoms with Crippen LogP contribution in [0.2, 0.25) is 0 Å². The summed E-state index contributed by atoms with van der Waals surface area (Å²) < 4.78 is 13.5. The van der Waals surface area contributed by atoms with E-state index in [-0.39, 0.29) is 11.2 Å². The zero-order valence-electron chi connectivity index (χ0n) is 8.48. The number of rotatable bonds is 3. The van der Waals surface area contributed by atoms with Crippen molar-refractivity contribution in [1.29, 1.82) is 0 Å². The Kier molecular flexibility index (Phi) is 3.67.